The predicted octanol–water partition coefficient (Wildman–Crippen LogP) is 3.24. The van der Waals surface area contributed by atoms with Gasteiger partial charge in [-0.05, 0) is 30.5 Å². The second-order valence-corrected chi connectivity index (χ2v) is 3.39. The highest BCUT2D eigenvalue weighted by Crippen LogP contribution is 2.19. The van der Waals surface area contributed by atoms with Crippen molar-refractivity contribution >= 4 is 11.6 Å². The molecule has 1 rings (SSSR count). The molecule has 0 heterocycles. The van der Waals surface area contributed by atoms with E-state index in [2.05, 4.69) is 13.8 Å². The molecule has 2 heteroatoms. The van der Waals surface area contributed by atoms with Crippen LogP contribution < -0.4 is 4.74 Å². The van der Waals surface area contributed by atoms with Crippen LogP contribution in [0.15, 0.2) is 24.3 Å². The first-order valence-corrected chi connectivity index (χ1v) is 4.89. The number of hydrogen-bond donors (Lipinski definition) is 0. The zero-order valence-electron chi connectivity index (χ0n) is 7.79. The standard InChI is InChI=1S/C11H14ClO/c1-9(2)10-4-3-5-11(8-10)13-7-6-12/h3-5,8-9H,1,6-7H2,2H3. The van der Waals surface area contributed by atoms with Gasteiger partial charge in [-0.15, -0.1) is 11.6 Å². The van der Waals surface area contributed by atoms with E-state index in [1.54, 1.807) is 0 Å². The Kier molecular flexibility index (Phi) is 4.10. The summed E-state index contributed by atoms with van der Waals surface area (Å²) < 4.78 is 5.39. The van der Waals surface area contributed by atoms with E-state index in [0.717, 1.165) is 5.75 Å². The second kappa shape index (κ2) is 5.13. The molecule has 1 atom stereocenters. The second-order valence-electron chi connectivity index (χ2n) is 3.01. The maximum absolute atomic E-state index is 5.52. The van der Waals surface area contributed by atoms with Gasteiger partial charge in [0.15, 0.2) is 0 Å². The van der Waals surface area contributed by atoms with E-state index >= 15 is 0 Å². The van der Waals surface area contributed by atoms with Crippen LogP contribution in [0.2, 0.25) is 0 Å². The monoisotopic (exact) mass is 197 g/mol. The highest BCUT2D eigenvalue weighted by molar-refractivity contribution is 6.17. The molecule has 0 saturated carbocycles. The van der Waals surface area contributed by atoms with Crippen molar-refractivity contribution < 1.29 is 4.74 Å². The molecule has 1 radical (unpaired) electrons. The molecule has 71 valence electrons. The van der Waals surface area contributed by atoms with Gasteiger partial charge in [0.1, 0.15) is 12.4 Å². The van der Waals surface area contributed by atoms with Gasteiger partial charge in [0.25, 0.3) is 0 Å². The van der Waals surface area contributed by atoms with Crippen molar-refractivity contribution in [1.29, 1.82) is 0 Å². The largest absolute Gasteiger partial charge is 0.492 e. The molecule has 0 fully saturated rings. The fourth-order valence-electron chi connectivity index (χ4n) is 1.07. The van der Waals surface area contributed by atoms with Gasteiger partial charge < -0.3 is 4.74 Å². The van der Waals surface area contributed by atoms with Crippen LogP contribution in [-0.4, -0.2) is 12.5 Å². The summed E-state index contributed by atoms with van der Waals surface area (Å²) in [6, 6.07) is 7.95. The Morgan fingerprint density at radius 1 is 1.54 bits per heavy atom. The fourth-order valence-corrected chi connectivity index (χ4v) is 1.14. The van der Waals surface area contributed by atoms with Crippen molar-refractivity contribution in [3.8, 4) is 5.75 Å². The van der Waals surface area contributed by atoms with Crippen LogP contribution in [0.1, 0.15) is 18.4 Å². The first-order chi connectivity index (χ1) is 6.24. The molecule has 1 aromatic rings. The lowest BCUT2D eigenvalue weighted by atomic mass is 10.0. The lowest BCUT2D eigenvalue weighted by Gasteiger charge is -2.08. The van der Waals surface area contributed by atoms with Crippen LogP contribution in [0, 0.1) is 6.92 Å². The third-order valence-corrected chi connectivity index (χ3v) is 1.93. The molecule has 0 bridgehead atoms. The lowest BCUT2D eigenvalue weighted by Crippen LogP contribution is -1.98. The molecule has 0 aliphatic heterocycles. The Morgan fingerprint density at radius 2 is 2.31 bits per heavy atom. The van der Waals surface area contributed by atoms with Crippen LogP contribution >= 0.6 is 11.6 Å². The molecule has 0 spiro atoms. The molecule has 0 aliphatic rings. The summed E-state index contributed by atoms with van der Waals surface area (Å²) >= 11 is 5.52. The Bertz CT molecular complexity index is 258. The third-order valence-electron chi connectivity index (χ3n) is 1.77. The van der Waals surface area contributed by atoms with Crippen molar-refractivity contribution in [1.82, 2.24) is 0 Å². The summed E-state index contributed by atoms with van der Waals surface area (Å²) in [6.07, 6.45) is 0. The Morgan fingerprint density at radius 3 is 2.92 bits per heavy atom. The van der Waals surface area contributed by atoms with Gasteiger partial charge in [-0.3, -0.25) is 0 Å². The maximum Gasteiger partial charge on any atom is 0.119 e. The zero-order chi connectivity index (χ0) is 9.68. The number of ether oxygens (including phenoxy) is 1. The highest BCUT2D eigenvalue weighted by Gasteiger charge is 2.00. The minimum absolute atomic E-state index is 0.291. The summed E-state index contributed by atoms with van der Waals surface area (Å²) in [7, 11) is 0. The smallest absolute Gasteiger partial charge is 0.119 e. The van der Waals surface area contributed by atoms with E-state index in [1.165, 1.54) is 5.56 Å². The molecule has 0 N–H and O–H groups in total. The van der Waals surface area contributed by atoms with Crippen molar-refractivity contribution in [2.75, 3.05) is 12.5 Å². The first kappa shape index (κ1) is 10.4. The van der Waals surface area contributed by atoms with E-state index in [9.17, 15) is 0 Å². The van der Waals surface area contributed by atoms with E-state index in [-0.39, 0.29) is 0 Å². The summed E-state index contributed by atoms with van der Waals surface area (Å²) in [5.41, 5.74) is 1.19. The van der Waals surface area contributed by atoms with Crippen molar-refractivity contribution in [2.45, 2.75) is 12.8 Å². The molecular formula is C11H14ClO. The van der Waals surface area contributed by atoms with Gasteiger partial charge in [-0.1, -0.05) is 19.1 Å². The number of rotatable bonds is 4. The van der Waals surface area contributed by atoms with Gasteiger partial charge in [-0.2, -0.15) is 0 Å². The minimum atomic E-state index is 0.291. The van der Waals surface area contributed by atoms with Crippen LogP contribution in [0.25, 0.3) is 0 Å². The van der Waals surface area contributed by atoms with Crippen molar-refractivity contribution in [3.05, 3.63) is 36.8 Å². The average Bonchev–Trinajstić information content (AvgIpc) is 2.15. The van der Waals surface area contributed by atoms with Gasteiger partial charge in [0.05, 0.1) is 5.88 Å². The average molecular weight is 198 g/mol. The summed E-state index contributed by atoms with van der Waals surface area (Å²) in [4.78, 5) is 0. The van der Waals surface area contributed by atoms with Gasteiger partial charge in [0, 0.05) is 0 Å². The van der Waals surface area contributed by atoms with Crippen LogP contribution in [0.4, 0.5) is 0 Å². The Labute approximate surface area is 84.7 Å². The molecule has 13 heavy (non-hydrogen) atoms. The fraction of sp³-hybridized carbons (Fsp3) is 0.364. The molecule has 0 aromatic heterocycles. The minimum Gasteiger partial charge on any atom is -0.492 e. The Hall–Kier alpha value is -0.690. The van der Waals surface area contributed by atoms with Gasteiger partial charge in [-0.25, -0.2) is 0 Å². The third kappa shape index (κ3) is 3.27. The van der Waals surface area contributed by atoms with Crippen LogP contribution in [0.5, 0.6) is 5.75 Å². The molecular weight excluding hydrogens is 184 g/mol. The summed E-state index contributed by atoms with van der Waals surface area (Å²) in [5, 5.41) is 0. The molecule has 0 amide bonds. The molecule has 0 saturated heterocycles. The summed E-state index contributed by atoms with van der Waals surface area (Å²) in [5.74, 6) is 1.68. The Balaban J connectivity index is 2.68. The van der Waals surface area contributed by atoms with Crippen molar-refractivity contribution in [3.63, 3.8) is 0 Å². The van der Waals surface area contributed by atoms with Crippen LogP contribution in [0.3, 0.4) is 0 Å². The topological polar surface area (TPSA) is 9.23 Å². The molecule has 1 nitrogen and oxygen atoms in total. The summed E-state index contributed by atoms with van der Waals surface area (Å²) in [6.45, 7) is 6.56. The van der Waals surface area contributed by atoms with Gasteiger partial charge in [0.2, 0.25) is 0 Å². The van der Waals surface area contributed by atoms with E-state index in [1.807, 2.05) is 24.3 Å². The first-order valence-electron chi connectivity index (χ1n) is 4.36. The molecule has 0 aliphatic carbocycles. The number of alkyl halides is 1. The normalized spacial score (nSPS) is 10.5. The van der Waals surface area contributed by atoms with E-state index in [4.69, 9.17) is 16.3 Å². The quantitative estimate of drug-likeness (QED) is 0.674. The number of benzene rings is 1. The van der Waals surface area contributed by atoms with Gasteiger partial charge >= 0.3 is 0 Å². The maximum atomic E-state index is 5.52. The zero-order valence-corrected chi connectivity index (χ0v) is 8.55. The van der Waals surface area contributed by atoms with Crippen molar-refractivity contribution in [2.24, 2.45) is 0 Å². The predicted molar refractivity (Wildman–Crippen MR) is 56.4 cm³/mol. The highest BCUT2D eigenvalue weighted by atomic mass is 35.5. The van der Waals surface area contributed by atoms with E-state index in [0.29, 0.717) is 18.4 Å². The lowest BCUT2D eigenvalue weighted by molar-refractivity contribution is 0.342. The SMILES string of the molecule is [CH2]C(C)c1cccc(OCCCl)c1. The number of hydrogen-bond acceptors (Lipinski definition) is 1. The van der Waals surface area contributed by atoms with E-state index < -0.39 is 0 Å². The molecule has 1 unspecified atom stereocenters. The molecule has 1 aromatic carbocycles. The van der Waals surface area contributed by atoms with Crippen LogP contribution in [-0.2, 0) is 0 Å². The number of halogens is 1.